The second-order valence-corrected chi connectivity index (χ2v) is 7.56. The summed E-state index contributed by atoms with van der Waals surface area (Å²) in [5, 5.41) is 6.73. The molecule has 2 amide bonds. The minimum absolute atomic E-state index is 0.245. The second kappa shape index (κ2) is 9.21. The summed E-state index contributed by atoms with van der Waals surface area (Å²) < 4.78 is 5.97. The van der Waals surface area contributed by atoms with Crippen LogP contribution in [0.4, 0.5) is 5.82 Å². The van der Waals surface area contributed by atoms with Gasteiger partial charge in [-0.3, -0.25) is 14.6 Å². The lowest BCUT2D eigenvalue weighted by Gasteiger charge is -2.11. The van der Waals surface area contributed by atoms with Crippen molar-refractivity contribution in [2.24, 2.45) is 0 Å². The lowest BCUT2D eigenvalue weighted by atomic mass is 10.2. The van der Waals surface area contributed by atoms with E-state index in [2.05, 4.69) is 20.6 Å². The Kier molecular flexibility index (Phi) is 6.20. The number of benzene rings is 2. The van der Waals surface area contributed by atoms with Crippen molar-refractivity contribution in [1.82, 2.24) is 15.3 Å². The van der Waals surface area contributed by atoms with Gasteiger partial charge >= 0.3 is 0 Å². The summed E-state index contributed by atoms with van der Waals surface area (Å²) >= 11 is 11.9. The molecule has 7 nitrogen and oxygen atoms in total. The first kappa shape index (κ1) is 21.5. The van der Waals surface area contributed by atoms with E-state index in [4.69, 9.17) is 27.9 Å². The van der Waals surface area contributed by atoms with E-state index in [1.807, 2.05) is 0 Å². The Morgan fingerprint density at radius 3 is 2.47 bits per heavy atom. The number of nitrogens with one attached hydrogen (secondary N) is 2. The van der Waals surface area contributed by atoms with Crippen molar-refractivity contribution in [1.29, 1.82) is 0 Å². The number of anilines is 1. The van der Waals surface area contributed by atoms with E-state index < -0.39 is 0 Å². The number of hydrogen-bond acceptors (Lipinski definition) is 5. The normalized spacial score (nSPS) is 10.6. The topological polar surface area (TPSA) is 93.2 Å². The van der Waals surface area contributed by atoms with Crippen LogP contribution in [0.2, 0.25) is 10.0 Å². The second-order valence-electron chi connectivity index (χ2n) is 6.69. The van der Waals surface area contributed by atoms with Crippen LogP contribution in [-0.2, 0) is 0 Å². The average Bonchev–Trinajstić information content (AvgIpc) is 2.78. The van der Waals surface area contributed by atoms with Crippen LogP contribution in [-0.4, -0.2) is 28.8 Å². The smallest absolute Gasteiger partial charge is 0.269 e. The minimum Gasteiger partial charge on any atom is -0.457 e. The third-order valence-electron chi connectivity index (χ3n) is 4.48. The molecule has 2 heterocycles. The van der Waals surface area contributed by atoms with Crippen LogP contribution in [0.25, 0.3) is 10.9 Å². The number of rotatable bonds is 5. The zero-order valence-electron chi connectivity index (χ0n) is 16.7. The molecule has 2 aromatic carbocycles. The minimum atomic E-state index is -0.382. The molecule has 0 unspecified atom stereocenters. The van der Waals surface area contributed by atoms with E-state index in [9.17, 15) is 9.59 Å². The number of amides is 2. The summed E-state index contributed by atoms with van der Waals surface area (Å²) in [6, 6.07) is 16.6. The third kappa shape index (κ3) is 4.80. The summed E-state index contributed by atoms with van der Waals surface area (Å²) in [5.74, 6) is 0.676. The van der Waals surface area contributed by atoms with Crippen molar-refractivity contribution in [2.45, 2.75) is 0 Å². The van der Waals surface area contributed by atoms with Gasteiger partial charge < -0.3 is 15.4 Å². The van der Waals surface area contributed by atoms with Gasteiger partial charge in [0.05, 0.1) is 5.52 Å². The molecule has 0 atom stereocenters. The zero-order valence-corrected chi connectivity index (χ0v) is 18.2. The summed E-state index contributed by atoms with van der Waals surface area (Å²) in [6.45, 7) is 0. The van der Waals surface area contributed by atoms with Crippen molar-refractivity contribution >= 4 is 51.7 Å². The van der Waals surface area contributed by atoms with Crippen LogP contribution in [0.5, 0.6) is 11.5 Å². The molecule has 160 valence electrons. The SMILES string of the molecule is CNC(=O)c1cc(Oc2cccc3nc(NC(=O)c4cc(Cl)cc(Cl)c4)ccc23)ccn1. The average molecular weight is 467 g/mol. The number of fused-ring (bicyclic) bond motifs is 1. The molecule has 0 aliphatic heterocycles. The van der Waals surface area contributed by atoms with Crippen LogP contribution in [0.15, 0.2) is 66.9 Å². The summed E-state index contributed by atoms with van der Waals surface area (Å²) in [7, 11) is 1.53. The van der Waals surface area contributed by atoms with Gasteiger partial charge in [-0.05, 0) is 48.5 Å². The van der Waals surface area contributed by atoms with Crippen molar-refractivity contribution in [2.75, 3.05) is 12.4 Å². The largest absolute Gasteiger partial charge is 0.457 e. The van der Waals surface area contributed by atoms with Crippen molar-refractivity contribution in [3.8, 4) is 11.5 Å². The Balaban J connectivity index is 1.59. The first-order chi connectivity index (χ1) is 15.4. The number of nitrogens with zero attached hydrogens (tertiary/aromatic N) is 2. The van der Waals surface area contributed by atoms with Gasteiger partial charge in [-0.15, -0.1) is 0 Å². The molecule has 4 aromatic rings. The predicted molar refractivity (Wildman–Crippen MR) is 124 cm³/mol. The van der Waals surface area contributed by atoms with Crippen molar-refractivity contribution < 1.29 is 14.3 Å². The quantitative estimate of drug-likeness (QED) is 0.413. The standard InChI is InChI=1S/C23H16Cl2N4O3/c1-26-23(31)19-12-16(7-8-27-19)32-20-4-2-3-18-17(20)5-6-21(28-18)29-22(30)13-9-14(24)11-15(25)10-13/h2-12H,1H3,(H,26,31)(H,28,29,30). The Morgan fingerprint density at radius 2 is 1.72 bits per heavy atom. The molecule has 9 heteroatoms. The van der Waals surface area contributed by atoms with Crippen LogP contribution in [0.1, 0.15) is 20.8 Å². The highest BCUT2D eigenvalue weighted by Gasteiger charge is 2.12. The molecule has 32 heavy (non-hydrogen) atoms. The van der Waals surface area contributed by atoms with Crippen LogP contribution >= 0.6 is 23.2 Å². The molecule has 2 aromatic heterocycles. The van der Waals surface area contributed by atoms with E-state index in [0.717, 1.165) is 5.39 Å². The van der Waals surface area contributed by atoms with Gasteiger partial charge in [-0.2, -0.15) is 0 Å². The van der Waals surface area contributed by atoms with Gasteiger partial charge in [-0.25, -0.2) is 4.98 Å². The van der Waals surface area contributed by atoms with Crippen LogP contribution in [0.3, 0.4) is 0 Å². The number of pyridine rings is 2. The van der Waals surface area contributed by atoms with Crippen LogP contribution in [0, 0.1) is 0 Å². The monoisotopic (exact) mass is 466 g/mol. The molecule has 0 spiro atoms. The number of carbonyl (C=O) groups excluding carboxylic acids is 2. The molecule has 0 bridgehead atoms. The van der Waals surface area contributed by atoms with Gasteiger partial charge in [-0.1, -0.05) is 29.3 Å². The highest BCUT2D eigenvalue weighted by molar-refractivity contribution is 6.35. The maximum absolute atomic E-state index is 12.5. The fourth-order valence-corrected chi connectivity index (χ4v) is 3.54. The lowest BCUT2D eigenvalue weighted by Crippen LogP contribution is -2.18. The van der Waals surface area contributed by atoms with Crippen molar-refractivity contribution in [3.63, 3.8) is 0 Å². The lowest BCUT2D eigenvalue weighted by molar-refractivity contribution is 0.0957. The van der Waals surface area contributed by atoms with Crippen LogP contribution < -0.4 is 15.4 Å². The summed E-state index contributed by atoms with van der Waals surface area (Å²) in [4.78, 5) is 32.9. The first-order valence-electron chi connectivity index (χ1n) is 9.46. The molecule has 0 radical (unpaired) electrons. The maximum Gasteiger partial charge on any atom is 0.269 e. The van der Waals surface area contributed by atoms with Gasteiger partial charge in [0, 0.05) is 40.3 Å². The molecule has 2 N–H and O–H groups in total. The highest BCUT2D eigenvalue weighted by Crippen LogP contribution is 2.30. The zero-order chi connectivity index (χ0) is 22.7. The number of aromatic nitrogens is 2. The summed E-state index contributed by atoms with van der Waals surface area (Å²) in [6.07, 6.45) is 1.50. The predicted octanol–water partition coefficient (Wildman–Crippen LogP) is 5.34. The van der Waals surface area contributed by atoms with E-state index in [1.165, 1.54) is 25.4 Å². The van der Waals surface area contributed by atoms with Crippen molar-refractivity contribution in [3.05, 3.63) is 88.2 Å². The number of halogens is 2. The van der Waals surface area contributed by atoms with Gasteiger partial charge in [0.15, 0.2) is 0 Å². The third-order valence-corrected chi connectivity index (χ3v) is 4.91. The van der Waals surface area contributed by atoms with Gasteiger partial charge in [0.2, 0.25) is 0 Å². The molecular weight excluding hydrogens is 451 g/mol. The highest BCUT2D eigenvalue weighted by atomic mass is 35.5. The van der Waals surface area contributed by atoms with E-state index in [0.29, 0.717) is 38.4 Å². The fraction of sp³-hybridized carbons (Fsp3) is 0.0435. The number of ether oxygens (including phenoxy) is 1. The first-order valence-corrected chi connectivity index (χ1v) is 10.2. The van der Waals surface area contributed by atoms with E-state index >= 15 is 0 Å². The maximum atomic E-state index is 12.5. The number of hydrogen-bond donors (Lipinski definition) is 2. The fourth-order valence-electron chi connectivity index (χ4n) is 3.01. The van der Waals surface area contributed by atoms with E-state index in [1.54, 1.807) is 48.5 Å². The Labute approximate surface area is 193 Å². The van der Waals surface area contributed by atoms with Gasteiger partial charge in [0.1, 0.15) is 23.0 Å². The van der Waals surface area contributed by atoms with E-state index in [-0.39, 0.29) is 17.5 Å². The molecule has 0 aliphatic carbocycles. The Bertz CT molecular complexity index is 1320. The Hall–Kier alpha value is -3.68. The molecular formula is C23H16Cl2N4O3. The number of carbonyl (C=O) groups is 2. The van der Waals surface area contributed by atoms with Gasteiger partial charge in [0.25, 0.3) is 11.8 Å². The molecule has 0 fully saturated rings. The summed E-state index contributed by atoms with van der Waals surface area (Å²) in [5.41, 5.74) is 1.19. The molecule has 4 rings (SSSR count). The molecule has 0 saturated carbocycles. The Morgan fingerprint density at radius 1 is 0.938 bits per heavy atom. The molecule has 0 aliphatic rings. The molecule has 0 saturated heterocycles.